The van der Waals surface area contributed by atoms with Gasteiger partial charge in [-0.1, -0.05) is 24.3 Å². The Kier molecular flexibility index (Phi) is 6.88. The normalized spacial score (nSPS) is 15.9. The average molecular weight is 466 g/mol. The summed E-state index contributed by atoms with van der Waals surface area (Å²) < 4.78 is 21.8. The first-order valence-corrected chi connectivity index (χ1v) is 11.1. The molecule has 2 aromatic carbocycles. The molecule has 178 valence electrons. The van der Waals surface area contributed by atoms with Crippen molar-refractivity contribution in [2.75, 3.05) is 34.0 Å². The number of aliphatic hydroxyl groups is 1. The van der Waals surface area contributed by atoms with Crippen molar-refractivity contribution in [2.24, 2.45) is 0 Å². The highest BCUT2D eigenvalue weighted by Gasteiger charge is 2.44. The Balaban J connectivity index is 1.76. The van der Waals surface area contributed by atoms with E-state index in [4.69, 9.17) is 18.6 Å². The topological polar surface area (TPSA) is 98.4 Å². The van der Waals surface area contributed by atoms with Crippen molar-refractivity contribution in [3.05, 3.63) is 71.2 Å². The fraction of sp³-hybridized carbons (Fsp3) is 0.308. The minimum absolute atomic E-state index is 0.0172. The molecule has 0 spiro atoms. The smallest absolute Gasteiger partial charge is 0.290 e. The fourth-order valence-electron chi connectivity index (χ4n) is 4.20. The van der Waals surface area contributed by atoms with Crippen LogP contribution in [0.3, 0.4) is 0 Å². The van der Waals surface area contributed by atoms with Gasteiger partial charge in [0.15, 0.2) is 22.9 Å². The largest absolute Gasteiger partial charge is 0.503 e. The van der Waals surface area contributed by atoms with Crippen LogP contribution in [-0.2, 0) is 9.53 Å². The molecule has 1 N–H and O–H groups in total. The zero-order chi connectivity index (χ0) is 24.2. The number of hydrogen-bond acceptors (Lipinski definition) is 7. The van der Waals surface area contributed by atoms with Gasteiger partial charge in [0.2, 0.25) is 5.78 Å². The molecule has 0 saturated carbocycles. The number of carbonyl (C=O) groups excluding carboxylic acids is 2. The van der Waals surface area contributed by atoms with E-state index in [1.54, 1.807) is 55.6 Å². The minimum atomic E-state index is -0.775. The minimum Gasteiger partial charge on any atom is -0.503 e. The summed E-state index contributed by atoms with van der Waals surface area (Å²) in [5.41, 5.74) is 1.08. The zero-order valence-corrected chi connectivity index (χ0v) is 19.4. The number of methoxy groups -OCH3 is 2. The first kappa shape index (κ1) is 23.4. The van der Waals surface area contributed by atoms with Gasteiger partial charge in [-0.25, -0.2) is 0 Å². The average Bonchev–Trinajstić information content (AvgIpc) is 3.39. The molecular weight excluding hydrogens is 438 g/mol. The van der Waals surface area contributed by atoms with Gasteiger partial charge in [-0.2, -0.15) is 0 Å². The number of furan rings is 1. The Morgan fingerprint density at radius 3 is 2.59 bits per heavy atom. The number of carbonyl (C=O) groups is 2. The number of hydrogen-bond donors (Lipinski definition) is 1. The van der Waals surface area contributed by atoms with Crippen molar-refractivity contribution in [1.29, 1.82) is 0 Å². The fourth-order valence-corrected chi connectivity index (χ4v) is 4.20. The van der Waals surface area contributed by atoms with Crippen molar-refractivity contribution in [2.45, 2.75) is 19.4 Å². The molecular formula is C26H27NO7. The summed E-state index contributed by atoms with van der Waals surface area (Å²) in [5.74, 6) is -0.560. The van der Waals surface area contributed by atoms with Gasteiger partial charge in [-0.3, -0.25) is 9.59 Å². The van der Waals surface area contributed by atoms with Crippen LogP contribution in [0.25, 0.3) is 11.0 Å². The lowest BCUT2D eigenvalue weighted by Gasteiger charge is -2.26. The molecule has 8 heteroatoms. The second-order valence-electron chi connectivity index (χ2n) is 7.83. The number of amides is 1. The Hall–Kier alpha value is -3.78. The lowest BCUT2D eigenvalue weighted by atomic mass is 9.95. The predicted molar refractivity (Wildman–Crippen MR) is 125 cm³/mol. The van der Waals surface area contributed by atoms with Crippen LogP contribution in [0.4, 0.5) is 0 Å². The highest BCUT2D eigenvalue weighted by Crippen LogP contribution is 2.40. The maximum absolute atomic E-state index is 13.6. The van der Waals surface area contributed by atoms with Crippen molar-refractivity contribution in [1.82, 2.24) is 4.90 Å². The van der Waals surface area contributed by atoms with Crippen LogP contribution in [-0.4, -0.2) is 55.7 Å². The van der Waals surface area contributed by atoms with Crippen molar-refractivity contribution >= 4 is 22.7 Å². The Morgan fingerprint density at radius 2 is 1.91 bits per heavy atom. The number of rotatable bonds is 10. The molecule has 1 aliphatic rings. The highest BCUT2D eigenvalue weighted by atomic mass is 16.5. The molecule has 1 aromatic heterocycles. The molecule has 2 heterocycles. The molecule has 4 rings (SSSR count). The predicted octanol–water partition coefficient (Wildman–Crippen LogP) is 4.45. The van der Waals surface area contributed by atoms with Gasteiger partial charge in [-0.15, -0.1) is 0 Å². The maximum atomic E-state index is 13.6. The number of nitrogens with zero attached hydrogens (tertiary/aromatic N) is 1. The quantitative estimate of drug-likeness (QED) is 0.349. The summed E-state index contributed by atoms with van der Waals surface area (Å²) in [6.45, 7) is 3.15. The first-order chi connectivity index (χ1) is 16.5. The van der Waals surface area contributed by atoms with E-state index < -0.39 is 23.5 Å². The van der Waals surface area contributed by atoms with E-state index in [2.05, 4.69) is 0 Å². The van der Waals surface area contributed by atoms with E-state index >= 15 is 0 Å². The third-order valence-electron chi connectivity index (χ3n) is 5.75. The Bertz CT molecular complexity index is 1230. The van der Waals surface area contributed by atoms with Crippen LogP contribution in [0.15, 0.2) is 64.3 Å². The van der Waals surface area contributed by atoms with Gasteiger partial charge in [0, 0.05) is 25.6 Å². The third-order valence-corrected chi connectivity index (χ3v) is 5.75. The maximum Gasteiger partial charge on any atom is 0.290 e. The molecule has 8 nitrogen and oxygen atoms in total. The van der Waals surface area contributed by atoms with Crippen molar-refractivity contribution in [3.63, 3.8) is 0 Å². The van der Waals surface area contributed by atoms with Gasteiger partial charge >= 0.3 is 0 Å². The zero-order valence-electron chi connectivity index (χ0n) is 19.4. The SMILES string of the molecule is CCOc1ccc(C2C(C(=O)c3cc4cccc(OC)c4o3)=C(O)C(=O)N2CCCOC)cc1. The van der Waals surface area contributed by atoms with E-state index in [-0.39, 0.29) is 11.3 Å². The van der Waals surface area contributed by atoms with Crippen LogP contribution in [0, 0.1) is 0 Å². The molecule has 34 heavy (non-hydrogen) atoms. The van der Waals surface area contributed by atoms with Gasteiger partial charge in [-0.05, 0) is 43.2 Å². The molecule has 1 amide bonds. The number of aliphatic hydroxyl groups excluding tert-OH is 1. The summed E-state index contributed by atoms with van der Waals surface area (Å²) in [4.78, 5) is 28.1. The second-order valence-corrected chi connectivity index (χ2v) is 7.83. The van der Waals surface area contributed by atoms with Crippen molar-refractivity contribution < 1.29 is 33.3 Å². The number of Topliss-reactive ketones (excluding diaryl/α,β-unsaturated/α-hetero) is 1. The van der Waals surface area contributed by atoms with Crippen LogP contribution >= 0.6 is 0 Å². The summed E-state index contributed by atoms with van der Waals surface area (Å²) in [7, 11) is 3.10. The summed E-state index contributed by atoms with van der Waals surface area (Å²) in [6, 6.07) is 13.3. The number of benzene rings is 2. The summed E-state index contributed by atoms with van der Waals surface area (Å²) in [5, 5.41) is 11.5. The van der Waals surface area contributed by atoms with Gasteiger partial charge in [0.25, 0.3) is 5.91 Å². The number of para-hydroxylation sites is 1. The molecule has 0 radical (unpaired) electrons. The van der Waals surface area contributed by atoms with Gasteiger partial charge < -0.3 is 28.6 Å². The second kappa shape index (κ2) is 10.0. The molecule has 1 unspecified atom stereocenters. The van der Waals surface area contributed by atoms with E-state index in [9.17, 15) is 14.7 Å². The molecule has 0 aliphatic carbocycles. The number of ether oxygens (including phenoxy) is 3. The van der Waals surface area contributed by atoms with Crippen molar-refractivity contribution in [3.8, 4) is 11.5 Å². The van der Waals surface area contributed by atoms with Crippen LogP contribution in [0.5, 0.6) is 11.5 Å². The van der Waals surface area contributed by atoms with E-state index in [0.29, 0.717) is 54.2 Å². The molecule has 0 saturated heterocycles. The Labute approximate surface area is 197 Å². The highest BCUT2D eigenvalue weighted by molar-refractivity contribution is 6.16. The molecule has 1 aliphatic heterocycles. The van der Waals surface area contributed by atoms with Crippen LogP contribution < -0.4 is 9.47 Å². The van der Waals surface area contributed by atoms with Gasteiger partial charge in [0.1, 0.15) is 5.75 Å². The standard InChI is InChI=1S/C26H27NO7/c1-4-33-18-11-9-16(10-12-18)22-21(24(29)26(30)27(22)13-6-14-31-2)23(28)20-15-17-7-5-8-19(32-3)25(17)34-20/h5,7-12,15,22,29H,4,6,13-14H2,1-3H3. The Morgan fingerprint density at radius 1 is 1.15 bits per heavy atom. The summed E-state index contributed by atoms with van der Waals surface area (Å²) in [6.07, 6.45) is 0.548. The third kappa shape index (κ3) is 4.24. The van der Waals surface area contributed by atoms with E-state index in [1.807, 2.05) is 6.92 Å². The van der Waals surface area contributed by atoms with Crippen LogP contribution in [0.2, 0.25) is 0 Å². The van der Waals surface area contributed by atoms with E-state index in [1.165, 1.54) is 12.0 Å². The molecule has 0 bridgehead atoms. The lowest BCUT2D eigenvalue weighted by Crippen LogP contribution is -2.32. The summed E-state index contributed by atoms with van der Waals surface area (Å²) >= 11 is 0. The molecule has 0 fully saturated rings. The lowest BCUT2D eigenvalue weighted by molar-refractivity contribution is -0.129. The number of fused-ring (bicyclic) bond motifs is 1. The number of ketones is 1. The monoisotopic (exact) mass is 465 g/mol. The van der Waals surface area contributed by atoms with Gasteiger partial charge in [0.05, 0.1) is 25.3 Å². The first-order valence-electron chi connectivity index (χ1n) is 11.1. The molecule has 3 aromatic rings. The molecule has 1 atom stereocenters. The van der Waals surface area contributed by atoms with Crippen LogP contribution in [0.1, 0.15) is 35.5 Å². The van der Waals surface area contributed by atoms with E-state index in [0.717, 1.165) is 0 Å².